The van der Waals surface area contributed by atoms with Crippen LogP contribution in [0.2, 0.25) is 0 Å². The van der Waals surface area contributed by atoms with Crippen LogP contribution in [-0.4, -0.2) is 39.0 Å². The van der Waals surface area contributed by atoms with Gasteiger partial charge in [-0.3, -0.25) is 4.79 Å². The van der Waals surface area contributed by atoms with Gasteiger partial charge in [0, 0.05) is 23.4 Å². The third-order valence-corrected chi connectivity index (χ3v) is 7.58. The number of ether oxygens (including phenoxy) is 1. The minimum atomic E-state index is -0.447. The van der Waals surface area contributed by atoms with E-state index in [0.717, 1.165) is 29.8 Å². The van der Waals surface area contributed by atoms with Crippen molar-refractivity contribution in [3.05, 3.63) is 59.8 Å². The summed E-state index contributed by atoms with van der Waals surface area (Å²) in [5.74, 6) is 0.895. The van der Waals surface area contributed by atoms with Crippen LogP contribution in [0.25, 0.3) is 11.1 Å². The molecule has 0 aliphatic heterocycles. The van der Waals surface area contributed by atoms with E-state index in [-0.39, 0.29) is 18.3 Å². The van der Waals surface area contributed by atoms with Crippen LogP contribution >= 0.6 is 23.1 Å². The molecule has 1 aromatic carbocycles. The van der Waals surface area contributed by atoms with Crippen molar-refractivity contribution in [1.82, 2.24) is 14.8 Å². The van der Waals surface area contributed by atoms with Crippen molar-refractivity contribution in [2.24, 2.45) is 0 Å². The highest BCUT2D eigenvalue weighted by Gasteiger charge is 2.25. The van der Waals surface area contributed by atoms with E-state index < -0.39 is 5.97 Å². The van der Waals surface area contributed by atoms with Gasteiger partial charge < -0.3 is 14.6 Å². The minimum absolute atomic E-state index is 0.154. The van der Waals surface area contributed by atoms with Crippen LogP contribution in [0.4, 0.5) is 5.00 Å². The second-order valence-electron chi connectivity index (χ2n) is 8.00. The molecule has 2 heterocycles. The summed E-state index contributed by atoms with van der Waals surface area (Å²) in [4.78, 5) is 25.6. The van der Waals surface area contributed by atoms with Crippen molar-refractivity contribution in [2.75, 3.05) is 17.7 Å². The summed E-state index contributed by atoms with van der Waals surface area (Å²) >= 11 is 2.66. The van der Waals surface area contributed by atoms with Crippen molar-refractivity contribution >= 4 is 40.0 Å². The Balaban J connectivity index is 1.49. The van der Waals surface area contributed by atoms with Crippen LogP contribution < -0.4 is 5.32 Å². The molecule has 0 atom stereocenters. The molecule has 1 aliphatic rings. The highest BCUT2D eigenvalue weighted by Crippen LogP contribution is 2.37. The fourth-order valence-corrected chi connectivity index (χ4v) is 5.90. The molecule has 1 amide bonds. The van der Waals surface area contributed by atoms with Crippen molar-refractivity contribution in [3.8, 4) is 11.1 Å². The molecule has 0 bridgehead atoms. The van der Waals surface area contributed by atoms with Crippen molar-refractivity contribution in [3.63, 3.8) is 0 Å². The Morgan fingerprint density at radius 3 is 2.74 bits per heavy atom. The van der Waals surface area contributed by atoms with Gasteiger partial charge in [-0.05, 0) is 25.3 Å². The second-order valence-corrected chi connectivity index (χ2v) is 9.82. The highest BCUT2D eigenvalue weighted by molar-refractivity contribution is 7.99. The number of thioether (sulfide) groups is 1. The summed E-state index contributed by atoms with van der Waals surface area (Å²) in [6.45, 7) is 6.49. The first kappa shape index (κ1) is 24.2. The number of carbonyl (C=O) groups excluding carboxylic acids is 2. The van der Waals surface area contributed by atoms with E-state index in [9.17, 15) is 9.59 Å². The fourth-order valence-electron chi connectivity index (χ4n) is 4.17. The van der Waals surface area contributed by atoms with E-state index in [1.165, 1.54) is 35.9 Å². The van der Waals surface area contributed by atoms with Gasteiger partial charge in [0.25, 0.3) is 0 Å². The van der Waals surface area contributed by atoms with Gasteiger partial charge in [0.2, 0.25) is 5.91 Å². The monoisotopic (exact) mass is 496 g/mol. The number of carbonyl (C=O) groups is 2. The normalized spacial score (nSPS) is 13.7. The number of anilines is 1. The van der Waals surface area contributed by atoms with E-state index in [2.05, 4.69) is 26.7 Å². The first-order valence-electron chi connectivity index (χ1n) is 11.4. The molecule has 0 radical (unpaired) electrons. The molecule has 1 N–H and O–H groups in total. The number of amides is 1. The standard InChI is InChI=1S/C25H28N4O3S2/c1-3-14-29-22(18-12-8-9-13-18)27-28-25(29)34-16-20(30)26-23-21(24(31)32-4-2)19(15-33-23)17-10-6-5-7-11-17/h3,5-7,10-11,15,18H,1,4,8-9,12-14,16H2,2H3,(H,26,30). The quantitative estimate of drug-likeness (QED) is 0.218. The summed E-state index contributed by atoms with van der Waals surface area (Å²) in [6, 6.07) is 9.61. The molecule has 7 nitrogen and oxygen atoms in total. The molecule has 0 unspecified atom stereocenters. The summed E-state index contributed by atoms with van der Waals surface area (Å²) in [7, 11) is 0. The number of nitrogens with zero attached hydrogens (tertiary/aromatic N) is 3. The van der Waals surface area contributed by atoms with Gasteiger partial charge in [0.15, 0.2) is 5.16 Å². The zero-order valence-electron chi connectivity index (χ0n) is 19.2. The Morgan fingerprint density at radius 1 is 1.26 bits per heavy atom. The van der Waals surface area contributed by atoms with Crippen LogP contribution in [0.15, 0.2) is 53.5 Å². The summed E-state index contributed by atoms with van der Waals surface area (Å²) in [6.07, 6.45) is 6.50. The number of esters is 1. The molecule has 1 aliphatic carbocycles. The average molecular weight is 497 g/mol. The topological polar surface area (TPSA) is 86.1 Å². The molecular weight excluding hydrogens is 468 g/mol. The predicted molar refractivity (Wildman–Crippen MR) is 136 cm³/mol. The van der Waals surface area contributed by atoms with E-state index >= 15 is 0 Å². The molecule has 178 valence electrons. The van der Waals surface area contributed by atoms with Gasteiger partial charge >= 0.3 is 5.97 Å². The third kappa shape index (κ3) is 5.42. The maximum absolute atomic E-state index is 12.8. The highest BCUT2D eigenvalue weighted by atomic mass is 32.2. The zero-order valence-corrected chi connectivity index (χ0v) is 20.8. The average Bonchev–Trinajstić information content (AvgIpc) is 3.59. The lowest BCUT2D eigenvalue weighted by atomic mass is 10.0. The maximum Gasteiger partial charge on any atom is 0.341 e. The molecule has 1 saturated carbocycles. The van der Waals surface area contributed by atoms with Crippen LogP contribution in [0.3, 0.4) is 0 Å². The van der Waals surface area contributed by atoms with Gasteiger partial charge in [-0.15, -0.1) is 28.1 Å². The van der Waals surface area contributed by atoms with Gasteiger partial charge in [-0.2, -0.15) is 0 Å². The van der Waals surface area contributed by atoms with Gasteiger partial charge in [0.05, 0.1) is 12.4 Å². The van der Waals surface area contributed by atoms with E-state index in [4.69, 9.17) is 4.74 Å². The largest absolute Gasteiger partial charge is 0.462 e. The summed E-state index contributed by atoms with van der Waals surface area (Å²) in [5.41, 5.74) is 2.03. The molecule has 4 rings (SSSR count). The van der Waals surface area contributed by atoms with Crippen molar-refractivity contribution in [2.45, 2.75) is 50.2 Å². The molecule has 3 aromatic rings. The lowest BCUT2D eigenvalue weighted by Gasteiger charge is -2.12. The van der Waals surface area contributed by atoms with E-state index in [0.29, 0.717) is 28.2 Å². The van der Waals surface area contributed by atoms with Crippen LogP contribution in [0.1, 0.15) is 54.7 Å². The van der Waals surface area contributed by atoms with Crippen molar-refractivity contribution in [1.29, 1.82) is 0 Å². The Kier molecular flexibility index (Phi) is 8.18. The second kappa shape index (κ2) is 11.5. The Bertz CT molecular complexity index is 1150. The SMILES string of the molecule is C=CCn1c(SCC(=O)Nc2scc(-c3ccccc3)c2C(=O)OCC)nnc1C1CCCC1. The lowest BCUT2D eigenvalue weighted by Crippen LogP contribution is -2.17. The van der Waals surface area contributed by atoms with Crippen LogP contribution in [0.5, 0.6) is 0 Å². The number of hydrogen-bond donors (Lipinski definition) is 1. The van der Waals surface area contributed by atoms with Crippen LogP contribution in [0, 0.1) is 0 Å². The van der Waals surface area contributed by atoms with E-state index in [1.54, 1.807) is 6.92 Å². The van der Waals surface area contributed by atoms with Crippen molar-refractivity contribution < 1.29 is 14.3 Å². The molecule has 34 heavy (non-hydrogen) atoms. The molecule has 9 heteroatoms. The third-order valence-electron chi connectivity index (χ3n) is 5.72. The first-order chi connectivity index (χ1) is 16.6. The number of aromatic nitrogens is 3. The van der Waals surface area contributed by atoms with Gasteiger partial charge in [0.1, 0.15) is 16.4 Å². The first-order valence-corrected chi connectivity index (χ1v) is 13.3. The minimum Gasteiger partial charge on any atom is -0.462 e. The number of hydrogen-bond acceptors (Lipinski definition) is 7. The summed E-state index contributed by atoms with van der Waals surface area (Å²) < 4.78 is 7.33. The number of rotatable bonds is 10. The number of benzene rings is 1. The van der Waals surface area contributed by atoms with Gasteiger partial charge in [-0.1, -0.05) is 61.0 Å². The Morgan fingerprint density at radius 2 is 2.03 bits per heavy atom. The Labute approximate surface area is 207 Å². The number of nitrogens with one attached hydrogen (secondary N) is 1. The molecule has 0 saturated heterocycles. The van der Waals surface area contributed by atoms with Crippen LogP contribution in [-0.2, 0) is 16.1 Å². The lowest BCUT2D eigenvalue weighted by molar-refractivity contribution is -0.113. The fraction of sp³-hybridized carbons (Fsp3) is 0.360. The smallest absolute Gasteiger partial charge is 0.341 e. The number of allylic oxidation sites excluding steroid dienone is 1. The van der Waals surface area contributed by atoms with Gasteiger partial charge in [-0.25, -0.2) is 4.79 Å². The number of thiophene rings is 1. The Hall–Kier alpha value is -2.91. The summed E-state index contributed by atoms with van der Waals surface area (Å²) in [5, 5.41) is 14.7. The predicted octanol–water partition coefficient (Wildman–Crippen LogP) is 5.76. The molecular formula is C25H28N4O3S2. The molecule has 1 fully saturated rings. The molecule has 2 aromatic heterocycles. The maximum atomic E-state index is 12.8. The molecule has 0 spiro atoms. The zero-order chi connectivity index (χ0) is 23.9. The van der Waals surface area contributed by atoms with E-state index in [1.807, 2.05) is 41.8 Å².